The molecule has 0 aromatic heterocycles. The predicted molar refractivity (Wildman–Crippen MR) is 95.6 cm³/mol. The summed E-state index contributed by atoms with van der Waals surface area (Å²) in [6.07, 6.45) is 4.77. The van der Waals surface area contributed by atoms with E-state index in [1.807, 2.05) is 54.6 Å². The lowest BCUT2D eigenvalue weighted by Gasteiger charge is -2.23. The molecule has 3 nitrogen and oxygen atoms in total. The van der Waals surface area contributed by atoms with Gasteiger partial charge in [0.25, 0.3) is 0 Å². The molecule has 2 aromatic carbocycles. The van der Waals surface area contributed by atoms with Crippen LogP contribution in [-0.4, -0.2) is 20.0 Å². The average molecular weight is 322 g/mol. The molecule has 2 aromatic rings. The lowest BCUT2D eigenvalue weighted by atomic mass is 9.79. The molecule has 0 saturated heterocycles. The Bertz CT molecular complexity index is 747. The molecule has 1 saturated carbocycles. The van der Waals surface area contributed by atoms with E-state index >= 15 is 0 Å². The van der Waals surface area contributed by atoms with Gasteiger partial charge in [-0.1, -0.05) is 36.4 Å². The zero-order valence-corrected chi connectivity index (χ0v) is 14.1. The Labute approximate surface area is 142 Å². The molecule has 1 fully saturated rings. The average Bonchev–Trinajstić information content (AvgIpc) is 2.64. The number of hydrogen-bond donors (Lipinski definition) is 0. The molecule has 0 N–H and O–H groups in total. The maximum Gasteiger partial charge on any atom is 0.166 e. The SMILES string of the molecule is COc1ccc(/C=C2\CCC[C@H](c3ccccc3)C2=O)cc1OC. The smallest absolute Gasteiger partial charge is 0.166 e. The van der Waals surface area contributed by atoms with Crippen molar-refractivity contribution < 1.29 is 14.3 Å². The van der Waals surface area contributed by atoms with Gasteiger partial charge in [-0.2, -0.15) is 0 Å². The fourth-order valence-electron chi connectivity index (χ4n) is 3.27. The van der Waals surface area contributed by atoms with E-state index in [-0.39, 0.29) is 11.7 Å². The van der Waals surface area contributed by atoms with Crippen molar-refractivity contribution in [3.8, 4) is 11.5 Å². The zero-order chi connectivity index (χ0) is 16.9. The number of methoxy groups -OCH3 is 2. The van der Waals surface area contributed by atoms with Gasteiger partial charge in [-0.3, -0.25) is 4.79 Å². The van der Waals surface area contributed by atoms with Crippen LogP contribution in [0.1, 0.15) is 36.3 Å². The van der Waals surface area contributed by atoms with Crippen LogP contribution in [0.5, 0.6) is 11.5 Å². The second-order valence-corrected chi connectivity index (χ2v) is 6.00. The van der Waals surface area contributed by atoms with Gasteiger partial charge in [0.2, 0.25) is 0 Å². The molecule has 0 spiro atoms. The Hall–Kier alpha value is -2.55. The third-order valence-electron chi connectivity index (χ3n) is 4.52. The molecule has 0 radical (unpaired) electrons. The van der Waals surface area contributed by atoms with Gasteiger partial charge in [0, 0.05) is 5.92 Å². The first kappa shape index (κ1) is 16.3. The molecule has 24 heavy (non-hydrogen) atoms. The van der Waals surface area contributed by atoms with Crippen LogP contribution in [-0.2, 0) is 4.79 Å². The Morgan fingerprint density at radius 2 is 1.75 bits per heavy atom. The summed E-state index contributed by atoms with van der Waals surface area (Å²) in [4.78, 5) is 12.9. The Morgan fingerprint density at radius 3 is 2.46 bits per heavy atom. The van der Waals surface area contributed by atoms with Crippen LogP contribution < -0.4 is 9.47 Å². The fraction of sp³-hybridized carbons (Fsp3) is 0.286. The number of Topliss-reactive ketones (excluding diaryl/α,β-unsaturated/α-hetero) is 1. The molecule has 124 valence electrons. The minimum Gasteiger partial charge on any atom is -0.493 e. The van der Waals surface area contributed by atoms with Crippen LogP contribution in [0.25, 0.3) is 6.08 Å². The summed E-state index contributed by atoms with van der Waals surface area (Å²) >= 11 is 0. The van der Waals surface area contributed by atoms with Crippen molar-refractivity contribution in [2.45, 2.75) is 25.2 Å². The molecule has 1 aliphatic carbocycles. The van der Waals surface area contributed by atoms with E-state index in [4.69, 9.17) is 9.47 Å². The van der Waals surface area contributed by atoms with Crippen LogP contribution in [0, 0.1) is 0 Å². The lowest BCUT2D eigenvalue weighted by Crippen LogP contribution is -2.19. The normalized spacial score (nSPS) is 19.3. The Morgan fingerprint density at radius 1 is 1.00 bits per heavy atom. The van der Waals surface area contributed by atoms with Crippen molar-refractivity contribution in [2.24, 2.45) is 0 Å². The fourth-order valence-corrected chi connectivity index (χ4v) is 3.27. The van der Waals surface area contributed by atoms with E-state index in [0.717, 1.165) is 36.0 Å². The van der Waals surface area contributed by atoms with Crippen LogP contribution >= 0.6 is 0 Å². The molecule has 1 atom stereocenters. The van der Waals surface area contributed by atoms with Gasteiger partial charge in [-0.05, 0) is 54.2 Å². The molecule has 3 heteroatoms. The van der Waals surface area contributed by atoms with Crippen LogP contribution in [0.2, 0.25) is 0 Å². The second-order valence-electron chi connectivity index (χ2n) is 6.00. The van der Waals surface area contributed by atoms with E-state index in [0.29, 0.717) is 11.5 Å². The lowest BCUT2D eigenvalue weighted by molar-refractivity contribution is -0.117. The first-order chi connectivity index (χ1) is 11.7. The minimum atomic E-state index is -0.0219. The van der Waals surface area contributed by atoms with Crippen LogP contribution in [0.3, 0.4) is 0 Å². The van der Waals surface area contributed by atoms with Gasteiger partial charge in [0.1, 0.15) is 0 Å². The summed E-state index contributed by atoms with van der Waals surface area (Å²) < 4.78 is 10.6. The molecule has 0 unspecified atom stereocenters. The first-order valence-electron chi connectivity index (χ1n) is 8.24. The highest BCUT2D eigenvalue weighted by Gasteiger charge is 2.27. The van der Waals surface area contributed by atoms with Gasteiger partial charge in [0.15, 0.2) is 17.3 Å². The summed E-state index contributed by atoms with van der Waals surface area (Å²) in [5.74, 6) is 1.58. The van der Waals surface area contributed by atoms with E-state index in [1.165, 1.54) is 0 Å². The topological polar surface area (TPSA) is 35.5 Å². The summed E-state index contributed by atoms with van der Waals surface area (Å²) in [7, 11) is 3.23. The van der Waals surface area contributed by atoms with E-state index < -0.39 is 0 Å². The molecule has 0 bridgehead atoms. The van der Waals surface area contributed by atoms with Crippen molar-refractivity contribution in [3.63, 3.8) is 0 Å². The van der Waals surface area contributed by atoms with E-state index in [9.17, 15) is 4.79 Å². The zero-order valence-electron chi connectivity index (χ0n) is 14.1. The predicted octanol–water partition coefficient (Wildman–Crippen LogP) is 4.62. The number of carbonyl (C=O) groups is 1. The summed E-state index contributed by atoms with van der Waals surface area (Å²) in [5, 5.41) is 0. The molecule has 3 rings (SSSR count). The van der Waals surface area contributed by atoms with Crippen molar-refractivity contribution in [1.82, 2.24) is 0 Å². The van der Waals surface area contributed by atoms with Gasteiger partial charge in [-0.15, -0.1) is 0 Å². The maximum absolute atomic E-state index is 12.9. The minimum absolute atomic E-state index is 0.0219. The van der Waals surface area contributed by atoms with Crippen LogP contribution in [0.15, 0.2) is 54.1 Å². The number of rotatable bonds is 4. The summed E-state index contributed by atoms with van der Waals surface area (Å²) in [5.41, 5.74) is 2.97. The van der Waals surface area contributed by atoms with Gasteiger partial charge in [-0.25, -0.2) is 0 Å². The summed E-state index contributed by atoms with van der Waals surface area (Å²) in [6.45, 7) is 0. The van der Waals surface area contributed by atoms with Crippen molar-refractivity contribution in [1.29, 1.82) is 0 Å². The molecular formula is C21H22O3. The van der Waals surface area contributed by atoms with Gasteiger partial charge >= 0.3 is 0 Å². The second kappa shape index (κ2) is 7.35. The third kappa shape index (κ3) is 3.35. The highest BCUT2D eigenvalue weighted by molar-refractivity contribution is 6.04. The molecule has 0 amide bonds. The van der Waals surface area contributed by atoms with Gasteiger partial charge in [0.05, 0.1) is 14.2 Å². The quantitative estimate of drug-likeness (QED) is 0.770. The Kier molecular flexibility index (Phi) is 4.99. The number of allylic oxidation sites excluding steroid dienone is 1. The van der Waals surface area contributed by atoms with Crippen molar-refractivity contribution in [3.05, 3.63) is 65.2 Å². The van der Waals surface area contributed by atoms with Gasteiger partial charge < -0.3 is 9.47 Å². The number of ketones is 1. The number of hydrogen-bond acceptors (Lipinski definition) is 3. The first-order valence-corrected chi connectivity index (χ1v) is 8.24. The number of carbonyl (C=O) groups excluding carboxylic acids is 1. The Balaban J connectivity index is 1.88. The molecule has 1 aliphatic rings. The third-order valence-corrected chi connectivity index (χ3v) is 4.52. The monoisotopic (exact) mass is 322 g/mol. The van der Waals surface area contributed by atoms with Crippen molar-refractivity contribution >= 4 is 11.9 Å². The molecule has 0 aliphatic heterocycles. The highest BCUT2D eigenvalue weighted by atomic mass is 16.5. The number of benzene rings is 2. The largest absolute Gasteiger partial charge is 0.493 e. The highest BCUT2D eigenvalue weighted by Crippen LogP contribution is 2.35. The number of ether oxygens (including phenoxy) is 2. The van der Waals surface area contributed by atoms with E-state index in [2.05, 4.69) is 0 Å². The molecular weight excluding hydrogens is 300 g/mol. The van der Waals surface area contributed by atoms with Crippen LogP contribution in [0.4, 0.5) is 0 Å². The van der Waals surface area contributed by atoms with E-state index in [1.54, 1.807) is 14.2 Å². The standard InChI is InChI=1S/C21H22O3/c1-23-19-12-11-15(14-20(19)24-2)13-17-9-6-10-18(21(17)22)16-7-4-3-5-8-16/h3-5,7-8,11-14,18H,6,9-10H2,1-2H3/b17-13+/t18-/m1/s1. The summed E-state index contributed by atoms with van der Waals surface area (Å²) in [6, 6.07) is 15.8. The molecule has 0 heterocycles. The maximum atomic E-state index is 12.9. The van der Waals surface area contributed by atoms with Crippen molar-refractivity contribution in [2.75, 3.05) is 14.2 Å².